The van der Waals surface area contributed by atoms with Crippen LogP contribution in [0.2, 0.25) is 0 Å². The Labute approximate surface area is 118 Å². The zero-order valence-corrected chi connectivity index (χ0v) is 12.6. The molecule has 1 atom stereocenters. The molecule has 3 rings (SSSR count). The fourth-order valence-electron chi connectivity index (χ4n) is 3.69. The molecule has 2 saturated heterocycles. The third-order valence-electron chi connectivity index (χ3n) is 5.25. The fraction of sp³-hybridized carbons (Fsp3) is 1.00. The molecular formula is C16H31N3. The van der Waals surface area contributed by atoms with Gasteiger partial charge in [0.15, 0.2) is 0 Å². The molecule has 0 aromatic rings. The molecule has 0 radical (unpaired) electrons. The number of hydrogen-bond donors (Lipinski definition) is 1. The summed E-state index contributed by atoms with van der Waals surface area (Å²) in [6.07, 6.45) is 9.93. The van der Waals surface area contributed by atoms with E-state index >= 15 is 0 Å². The van der Waals surface area contributed by atoms with Crippen LogP contribution in [0.25, 0.3) is 0 Å². The van der Waals surface area contributed by atoms with E-state index in [9.17, 15) is 0 Å². The quantitative estimate of drug-likeness (QED) is 0.819. The Morgan fingerprint density at radius 1 is 0.947 bits per heavy atom. The van der Waals surface area contributed by atoms with Gasteiger partial charge in [0.1, 0.15) is 0 Å². The van der Waals surface area contributed by atoms with Crippen molar-refractivity contribution in [2.24, 2.45) is 5.92 Å². The van der Waals surface area contributed by atoms with Gasteiger partial charge in [-0.2, -0.15) is 0 Å². The highest BCUT2D eigenvalue weighted by Gasteiger charge is 2.27. The minimum Gasteiger partial charge on any atom is -0.310 e. The molecule has 3 nitrogen and oxygen atoms in total. The third-order valence-corrected chi connectivity index (χ3v) is 5.25. The van der Waals surface area contributed by atoms with Gasteiger partial charge in [-0.15, -0.1) is 0 Å². The van der Waals surface area contributed by atoms with Crippen molar-refractivity contribution in [2.75, 3.05) is 39.8 Å². The lowest BCUT2D eigenvalue weighted by Gasteiger charge is -2.35. The van der Waals surface area contributed by atoms with Crippen LogP contribution in [0.15, 0.2) is 0 Å². The van der Waals surface area contributed by atoms with Crippen LogP contribution in [0.1, 0.15) is 44.9 Å². The summed E-state index contributed by atoms with van der Waals surface area (Å²) in [7, 11) is 2.26. The second-order valence-electron chi connectivity index (χ2n) is 7.12. The van der Waals surface area contributed by atoms with Crippen LogP contribution in [0, 0.1) is 5.92 Å². The molecule has 3 aliphatic rings. The highest BCUT2D eigenvalue weighted by molar-refractivity contribution is 4.88. The Morgan fingerprint density at radius 2 is 1.74 bits per heavy atom. The van der Waals surface area contributed by atoms with Gasteiger partial charge in [-0.25, -0.2) is 0 Å². The smallest absolute Gasteiger partial charge is 0.0198 e. The van der Waals surface area contributed by atoms with Gasteiger partial charge in [0.2, 0.25) is 0 Å². The average molecular weight is 265 g/mol. The van der Waals surface area contributed by atoms with Crippen molar-refractivity contribution in [3.8, 4) is 0 Å². The molecule has 1 saturated carbocycles. The molecule has 3 heteroatoms. The molecule has 0 aromatic carbocycles. The van der Waals surface area contributed by atoms with Crippen LogP contribution >= 0.6 is 0 Å². The normalized spacial score (nSPS) is 31.7. The van der Waals surface area contributed by atoms with Crippen molar-refractivity contribution in [1.29, 1.82) is 0 Å². The molecule has 1 unspecified atom stereocenters. The van der Waals surface area contributed by atoms with E-state index in [1.807, 2.05) is 0 Å². The number of nitrogens with one attached hydrogen (secondary N) is 1. The highest BCUT2D eigenvalue weighted by atomic mass is 15.2. The van der Waals surface area contributed by atoms with Gasteiger partial charge in [-0.1, -0.05) is 0 Å². The molecule has 3 fully saturated rings. The lowest BCUT2D eigenvalue weighted by atomic mass is 9.93. The van der Waals surface area contributed by atoms with E-state index in [4.69, 9.17) is 0 Å². The summed E-state index contributed by atoms with van der Waals surface area (Å²) in [4.78, 5) is 5.20. The lowest BCUT2D eigenvalue weighted by molar-refractivity contribution is 0.156. The topological polar surface area (TPSA) is 18.5 Å². The molecule has 0 aromatic heterocycles. The molecule has 110 valence electrons. The Balaban J connectivity index is 1.34. The van der Waals surface area contributed by atoms with Gasteiger partial charge in [0, 0.05) is 18.6 Å². The molecule has 0 spiro atoms. The zero-order valence-electron chi connectivity index (χ0n) is 12.6. The van der Waals surface area contributed by atoms with Crippen LogP contribution in [-0.2, 0) is 0 Å². The van der Waals surface area contributed by atoms with E-state index in [0.29, 0.717) is 0 Å². The number of likely N-dealkylation sites (tertiary alicyclic amines) is 2. The predicted octanol–water partition coefficient (Wildman–Crippen LogP) is 1.93. The van der Waals surface area contributed by atoms with Crippen molar-refractivity contribution in [1.82, 2.24) is 15.1 Å². The van der Waals surface area contributed by atoms with E-state index in [0.717, 1.165) is 18.0 Å². The zero-order chi connectivity index (χ0) is 13.1. The van der Waals surface area contributed by atoms with Gasteiger partial charge < -0.3 is 15.1 Å². The van der Waals surface area contributed by atoms with Crippen molar-refractivity contribution in [3.05, 3.63) is 0 Å². The maximum absolute atomic E-state index is 3.82. The second kappa shape index (κ2) is 6.55. The molecule has 0 bridgehead atoms. The van der Waals surface area contributed by atoms with Crippen LogP contribution in [-0.4, -0.2) is 61.7 Å². The van der Waals surface area contributed by atoms with Gasteiger partial charge in [0.05, 0.1) is 0 Å². The highest BCUT2D eigenvalue weighted by Crippen LogP contribution is 2.23. The molecule has 19 heavy (non-hydrogen) atoms. The van der Waals surface area contributed by atoms with Crippen molar-refractivity contribution < 1.29 is 0 Å². The Kier molecular flexibility index (Phi) is 4.78. The Bertz CT molecular complexity index is 269. The van der Waals surface area contributed by atoms with E-state index in [1.165, 1.54) is 77.7 Å². The standard InChI is InChI=1S/C16H31N3/c1-18-10-6-14(7-11-18)8-12-19-9-2-3-16(13-19)17-15-4-5-15/h14-17H,2-13H2,1H3. The first-order chi connectivity index (χ1) is 9.29. The van der Waals surface area contributed by atoms with E-state index in [1.54, 1.807) is 0 Å². The Hall–Kier alpha value is -0.120. The molecule has 0 amide bonds. The Morgan fingerprint density at radius 3 is 2.47 bits per heavy atom. The average Bonchev–Trinajstić information content (AvgIpc) is 3.23. The first kappa shape index (κ1) is 13.8. The second-order valence-corrected chi connectivity index (χ2v) is 7.12. The third kappa shape index (κ3) is 4.44. The van der Waals surface area contributed by atoms with Crippen molar-refractivity contribution in [2.45, 2.75) is 57.0 Å². The monoisotopic (exact) mass is 265 g/mol. The number of nitrogens with zero attached hydrogens (tertiary/aromatic N) is 2. The molecule has 2 aliphatic heterocycles. The number of rotatable bonds is 5. The molecular weight excluding hydrogens is 234 g/mol. The van der Waals surface area contributed by atoms with E-state index in [2.05, 4.69) is 22.2 Å². The molecule has 1 aliphatic carbocycles. The SMILES string of the molecule is CN1CCC(CCN2CCCC(NC3CC3)C2)CC1. The fourth-order valence-corrected chi connectivity index (χ4v) is 3.69. The summed E-state index contributed by atoms with van der Waals surface area (Å²) >= 11 is 0. The van der Waals surface area contributed by atoms with Crippen LogP contribution < -0.4 is 5.32 Å². The van der Waals surface area contributed by atoms with Gasteiger partial charge >= 0.3 is 0 Å². The summed E-state index contributed by atoms with van der Waals surface area (Å²) in [6.45, 7) is 6.63. The van der Waals surface area contributed by atoms with Gasteiger partial charge in [-0.3, -0.25) is 0 Å². The molecule has 2 heterocycles. The van der Waals surface area contributed by atoms with Gasteiger partial charge in [0.25, 0.3) is 0 Å². The summed E-state index contributed by atoms with van der Waals surface area (Å²) in [6, 6.07) is 1.66. The molecule has 1 N–H and O–H groups in total. The lowest BCUT2D eigenvalue weighted by Crippen LogP contribution is -2.47. The first-order valence-corrected chi connectivity index (χ1v) is 8.46. The maximum Gasteiger partial charge on any atom is 0.0198 e. The number of hydrogen-bond acceptors (Lipinski definition) is 3. The first-order valence-electron chi connectivity index (χ1n) is 8.46. The van der Waals surface area contributed by atoms with E-state index in [-0.39, 0.29) is 0 Å². The van der Waals surface area contributed by atoms with Crippen molar-refractivity contribution >= 4 is 0 Å². The van der Waals surface area contributed by atoms with Crippen LogP contribution in [0.3, 0.4) is 0 Å². The maximum atomic E-state index is 3.82. The van der Waals surface area contributed by atoms with Crippen LogP contribution in [0.4, 0.5) is 0 Å². The predicted molar refractivity (Wildman–Crippen MR) is 80.5 cm³/mol. The van der Waals surface area contributed by atoms with Crippen molar-refractivity contribution in [3.63, 3.8) is 0 Å². The summed E-state index contributed by atoms with van der Waals surface area (Å²) in [5.74, 6) is 0.993. The van der Waals surface area contributed by atoms with Gasteiger partial charge in [-0.05, 0) is 84.1 Å². The minimum atomic E-state index is 0.790. The summed E-state index contributed by atoms with van der Waals surface area (Å²) < 4.78 is 0. The number of piperidine rings is 2. The summed E-state index contributed by atoms with van der Waals surface area (Å²) in [5, 5.41) is 3.82. The largest absolute Gasteiger partial charge is 0.310 e. The summed E-state index contributed by atoms with van der Waals surface area (Å²) in [5.41, 5.74) is 0. The van der Waals surface area contributed by atoms with E-state index < -0.39 is 0 Å². The van der Waals surface area contributed by atoms with Crippen LogP contribution in [0.5, 0.6) is 0 Å². The minimum absolute atomic E-state index is 0.790.